The van der Waals surface area contributed by atoms with Gasteiger partial charge in [-0.3, -0.25) is 19.7 Å². The number of imide groups is 1. The van der Waals surface area contributed by atoms with E-state index in [2.05, 4.69) is 5.32 Å². The van der Waals surface area contributed by atoms with E-state index in [1.54, 1.807) is 0 Å². The van der Waals surface area contributed by atoms with Gasteiger partial charge < -0.3 is 10.0 Å². The number of aromatic hydroxyl groups is 1. The number of hydrogen-bond donors (Lipinski definition) is 2. The van der Waals surface area contributed by atoms with Gasteiger partial charge in [0.1, 0.15) is 11.8 Å². The average molecular weight is 328 g/mol. The van der Waals surface area contributed by atoms with Crippen LogP contribution < -0.4 is 5.32 Å². The van der Waals surface area contributed by atoms with Gasteiger partial charge >= 0.3 is 6.18 Å². The molecule has 2 N–H and O–H groups in total. The number of carbonyl (C=O) groups is 3. The monoisotopic (exact) mass is 328 g/mol. The molecule has 2 aliphatic rings. The van der Waals surface area contributed by atoms with Crippen LogP contribution in [-0.2, 0) is 22.3 Å². The molecule has 0 bridgehead atoms. The standard InChI is InChI=1S/C14H11F3N2O4/c15-14(16,17)6-3-7-8(10(20)4-6)5-19(13(7)23)9-1-2-11(21)18-12(9)22/h3-4,9,20H,1-2,5H2,(H,18,21,22). The third kappa shape index (κ3) is 2.51. The van der Waals surface area contributed by atoms with Crippen molar-refractivity contribution in [2.45, 2.75) is 31.6 Å². The number of benzene rings is 1. The zero-order valence-electron chi connectivity index (χ0n) is 11.6. The Morgan fingerprint density at radius 2 is 1.91 bits per heavy atom. The molecule has 3 amide bonds. The van der Waals surface area contributed by atoms with Crippen LogP contribution in [0.5, 0.6) is 5.75 Å². The summed E-state index contributed by atoms with van der Waals surface area (Å²) in [5, 5.41) is 11.9. The highest BCUT2D eigenvalue weighted by Crippen LogP contribution is 2.39. The van der Waals surface area contributed by atoms with Crippen molar-refractivity contribution in [3.63, 3.8) is 0 Å². The third-order valence-corrected chi connectivity index (χ3v) is 3.96. The summed E-state index contributed by atoms with van der Waals surface area (Å²) in [5.41, 5.74) is -1.36. The van der Waals surface area contributed by atoms with E-state index in [1.165, 1.54) is 0 Å². The molecule has 0 spiro atoms. The van der Waals surface area contributed by atoms with E-state index in [0.29, 0.717) is 12.1 Å². The fraction of sp³-hybridized carbons (Fsp3) is 0.357. The highest BCUT2D eigenvalue weighted by atomic mass is 19.4. The number of piperidine rings is 1. The van der Waals surface area contributed by atoms with E-state index < -0.39 is 41.3 Å². The predicted octanol–water partition coefficient (Wildman–Crippen LogP) is 1.17. The summed E-state index contributed by atoms with van der Waals surface area (Å²) in [7, 11) is 0. The molecule has 0 aromatic heterocycles. The van der Waals surface area contributed by atoms with Crippen molar-refractivity contribution in [1.82, 2.24) is 10.2 Å². The lowest BCUT2D eigenvalue weighted by molar-refractivity contribution is -0.138. The van der Waals surface area contributed by atoms with Gasteiger partial charge in [-0.05, 0) is 18.6 Å². The zero-order chi connectivity index (χ0) is 16.9. The Balaban J connectivity index is 1.95. The van der Waals surface area contributed by atoms with Crippen LogP contribution in [0.2, 0.25) is 0 Å². The molecule has 1 fully saturated rings. The largest absolute Gasteiger partial charge is 0.508 e. The van der Waals surface area contributed by atoms with Gasteiger partial charge in [0.2, 0.25) is 11.8 Å². The molecule has 1 unspecified atom stereocenters. The van der Waals surface area contributed by atoms with Crippen LogP contribution in [0.15, 0.2) is 12.1 Å². The molecule has 1 aromatic rings. The number of phenols is 1. The molecule has 23 heavy (non-hydrogen) atoms. The Morgan fingerprint density at radius 3 is 2.52 bits per heavy atom. The minimum Gasteiger partial charge on any atom is -0.508 e. The Labute approximate surface area is 127 Å². The minimum absolute atomic E-state index is 0.0380. The van der Waals surface area contributed by atoms with Crippen LogP contribution in [-0.4, -0.2) is 33.8 Å². The number of rotatable bonds is 1. The number of amides is 3. The molecule has 6 nitrogen and oxygen atoms in total. The number of phenolic OH excluding ortho intramolecular Hbond substituents is 1. The molecule has 9 heteroatoms. The van der Waals surface area contributed by atoms with E-state index in [4.69, 9.17) is 0 Å². The molecule has 1 aromatic carbocycles. The number of alkyl halides is 3. The van der Waals surface area contributed by atoms with Crippen LogP contribution in [0.3, 0.4) is 0 Å². The van der Waals surface area contributed by atoms with Crippen molar-refractivity contribution in [3.05, 3.63) is 28.8 Å². The van der Waals surface area contributed by atoms with Gasteiger partial charge in [0, 0.05) is 17.5 Å². The topological polar surface area (TPSA) is 86.7 Å². The molecule has 2 aliphatic heterocycles. The smallest absolute Gasteiger partial charge is 0.416 e. The first kappa shape index (κ1) is 15.3. The number of halogens is 3. The van der Waals surface area contributed by atoms with Gasteiger partial charge in [-0.1, -0.05) is 0 Å². The van der Waals surface area contributed by atoms with Crippen molar-refractivity contribution in [2.24, 2.45) is 0 Å². The van der Waals surface area contributed by atoms with Gasteiger partial charge in [0.05, 0.1) is 12.1 Å². The summed E-state index contributed by atoms with van der Waals surface area (Å²) in [6.45, 7) is -0.176. The molecule has 0 radical (unpaired) electrons. The number of fused-ring (bicyclic) bond motifs is 1. The maximum atomic E-state index is 12.8. The second-order valence-electron chi connectivity index (χ2n) is 5.42. The van der Waals surface area contributed by atoms with E-state index in [1.807, 2.05) is 0 Å². The van der Waals surface area contributed by atoms with Crippen LogP contribution in [0.1, 0.15) is 34.3 Å². The highest BCUT2D eigenvalue weighted by molar-refractivity contribution is 6.05. The molecular weight excluding hydrogens is 317 g/mol. The highest BCUT2D eigenvalue weighted by Gasteiger charge is 2.42. The van der Waals surface area contributed by atoms with Crippen LogP contribution in [0.25, 0.3) is 0 Å². The third-order valence-electron chi connectivity index (χ3n) is 3.96. The summed E-state index contributed by atoms with van der Waals surface area (Å²) in [4.78, 5) is 36.4. The first-order valence-electron chi connectivity index (χ1n) is 6.76. The second-order valence-corrected chi connectivity index (χ2v) is 5.42. The Morgan fingerprint density at radius 1 is 1.22 bits per heavy atom. The van der Waals surface area contributed by atoms with E-state index in [-0.39, 0.29) is 30.5 Å². The number of nitrogens with one attached hydrogen (secondary N) is 1. The molecule has 3 rings (SSSR count). The lowest BCUT2D eigenvalue weighted by Crippen LogP contribution is -2.52. The summed E-state index contributed by atoms with van der Waals surface area (Å²) < 4.78 is 38.3. The zero-order valence-corrected chi connectivity index (χ0v) is 11.6. The fourth-order valence-corrected chi connectivity index (χ4v) is 2.81. The van der Waals surface area contributed by atoms with Crippen LogP contribution in [0.4, 0.5) is 13.2 Å². The second kappa shape index (κ2) is 4.97. The van der Waals surface area contributed by atoms with Crippen molar-refractivity contribution in [1.29, 1.82) is 0 Å². The van der Waals surface area contributed by atoms with Crippen molar-refractivity contribution in [3.8, 4) is 5.75 Å². The lowest BCUT2D eigenvalue weighted by Gasteiger charge is -2.29. The summed E-state index contributed by atoms with van der Waals surface area (Å²) >= 11 is 0. The van der Waals surface area contributed by atoms with Gasteiger partial charge in [0.15, 0.2) is 0 Å². The summed E-state index contributed by atoms with van der Waals surface area (Å²) in [6, 6.07) is 0.282. The predicted molar refractivity (Wildman–Crippen MR) is 69.2 cm³/mol. The van der Waals surface area contributed by atoms with Crippen LogP contribution >= 0.6 is 0 Å². The maximum absolute atomic E-state index is 12.8. The Hall–Kier alpha value is -2.58. The Kier molecular flexibility index (Phi) is 3.31. The minimum atomic E-state index is -4.70. The molecule has 1 atom stereocenters. The summed E-state index contributed by atoms with van der Waals surface area (Å²) in [6.07, 6.45) is -4.57. The fourth-order valence-electron chi connectivity index (χ4n) is 2.81. The Bertz CT molecular complexity index is 729. The number of nitrogens with zero attached hydrogens (tertiary/aromatic N) is 1. The van der Waals surface area contributed by atoms with E-state index in [0.717, 1.165) is 4.90 Å². The van der Waals surface area contributed by atoms with Gasteiger partial charge in [-0.25, -0.2) is 0 Å². The van der Waals surface area contributed by atoms with E-state index >= 15 is 0 Å². The van der Waals surface area contributed by atoms with Crippen molar-refractivity contribution in [2.75, 3.05) is 0 Å². The average Bonchev–Trinajstić information content (AvgIpc) is 2.76. The maximum Gasteiger partial charge on any atom is 0.416 e. The van der Waals surface area contributed by atoms with Crippen molar-refractivity contribution >= 4 is 17.7 Å². The number of carbonyl (C=O) groups excluding carboxylic acids is 3. The molecule has 0 saturated carbocycles. The SMILES string of the molecule is O=C1CCC(N2Cc3c(O)cc(C(F)(F)F)cc3C2=O)C(=O)N1. The van der Waals surface area contributed by atoms with Gasteiger partial charge in [-0.2, -0.15) is 13.2 Å². The first-order valence-corrected chi connectivity index (χ1v) is 6.76. The first-order chi connectivity index (χ1) is 10.7. The molecule has 0 aliphatic carbocycles. The summed E-state index contributed by atoms with van der Waals surface area (Å²) in [5.74, 6) is -2.54. The van der Waals surface area contributed by atoms with Gasteiger partial charge in [0.25, 0.3) is 5.91 Å². The lowest BCUT2D eigenvalue weighted by atomic mass is 10.0. The van der Waals surface area contributed by atoms with E-state index in [9.17, 15) is 32.7 Å². The molecular formula is C14H11F3N2O4. The normalized spacial score (nSPS) is 21.4. The van der Waals surface area contributed by atoms with Crippen molar-refractivity contribution < 1.29 is 32.7 Å². The molecule has 1 saturated heterocycles. The molecule has 2 heterocycles. The molecule has 122 valence electrons. The van der Waals surface area contributed by atoms with Crippen LogP contribution in [0, 0.1) is 0 Å². The van der Waals surface area contributed by atoms with Gasteiger partial charge in [-0.15, -0.1) is 0 Å². The quantitative estimate of drug-likeness (QED) is 0.758. The number of hydrogen-bond acceptors (Lipinski definition) is 4.